The van der Waals surface area contributed by atoms with Gasteiger partial charge in [0.05, 0.1) is 26.2 Å². The number of hydrogen-bond donors (Lipinski definition) is 1. The number of nitro benzene ring substituents is 1. The fourth-order valence-electron chi connectivity index (χ4n) is 1.74. The number of allylic oxidation sites excluding steroid dienone is 1. The van der Waals surface area contributed by atoms with Crippen LogP contribution >= 0.6 is 34.8 Å². The highest BCUT2D eigenvalue weighted by atomic mass is 35.5. The third-order valence-corrected chi connectivity index (χ3v) is 3.57. The van der Waals surface area contributed by atoms with Crippen molar-refractivity contribution in [2.45, 2.75) is 0 Å². The molecule has 23 heavy (non-hydrogen) atoms. The molecule has 0 saturated carbocycles. The average molecular weight is 371 g/mol. The lowest BCUT2D eigenvalue weighted by Gasteiger charge is -2.05. The summed E-state index contributed by atoms with van der Waals surface area (Å²) in [5.41, 5.74) is 3.62. The standard InChI is InChI=1S/C15H10Cl3N3O2/c16-11-8-12(17)15(13(18)9-11)20-19-7-3-5-10-4-1-2-6-14(10)21(22)23/h1-9,20H/b5-3+,19-7+. The van der Waals surface area contributed by atoms with Crippen LogP contribution in [0.15, 0.2) is 47.6 Å². The molecular formula is C15H10Cl3N3O2. The SMILES string of the molecule is O=[N+]([O-])c1ccccc1/C=C/C=N/Nc1c(Cl)cc(Cl)cc1Cl. The minimum absolute atomic E-state index is 0.0221. The van der Waals surface area contributed by atoms with E-state index >= 15 is 0 Å². The number of anilines is 1. The van der Waals surface area contributed by atoms with Gasteiger partial charge in [-0.3, -0.25) is 15.5 Å². The molecule has 0 spiro atoms. The van der Waals surface area contributed by atoms with Gasteiger partial charge < -0.3 is 0 Å². The number of nitrogens with zero attached hydrogens (tertiary/aromatic N) is 2. The van der Waals surface area contributed by atoms with Gasteiger partial charge in [-0.05, 0) is 30.4 Å². The van der Waals surface area contributed by atoms with E-state index in [1.54, 1.807) is 30.4 Å². The van der Waals surface area contributed by atoms with Crippen molar-refractivity contribution in [2.75, 3.05) is 5.43 Å². The van der Waals surface area contributed by atoms with Crippen LogP contribution in [0.3, 0.4) is 0 Å². The van der Waals surface area contributed by atoms with E-state index in [2.05, 4.69) is 10.5 Å². The van der Waals surface area contributed by atoms with Crippen molar-refractivity contribution in [1.29, 1.82) is 0 Å². The van der Waals surface area contributed by atoms with Gasteiger partial charge in [-0.15, -0.1) is 0 Å². The molecule has 0 aliphatic heterocycles. The molecule has 0 aliphatic rings. The largest absolute Gasteiger partial charge is 0.276 e. The third kappa shape index (κ3) is 4.69. The lowest BCUT2D eigenvalue weighted by atomic mass is 10.2. The summed E-state index contributed by atoms with van der Waals surface area (Å²) in [6, 6.07) is 9.47. The molecule has 2 rings (SSSR count). The summed E-state index contributed by atoms with van der Waals surface area (Å²) < 4.78 is 0. The molecule has 5 nitrogen and oxygen atoms in total. The monoisotopic (exact) mass is 369 g/mol. The molecule has 0 amide bonds. The Balaban J connectivity index is 2.07. The number of nitro groups is 1. The highest BCUT2D eigenvalue weighted by Crippen LogP contribution is 2.33. The zero-order valence-corrected chi connectivity index (χ0v) is 13.8. The van der Waals surface area contributed by atoms with Gasteiger partial charge in [0.25, 0.3) is 5.69 Å². The Hall–Kier alpha value is -2.08. The van der Waals surface area contributed by atoms with Gasteiger partial charge in [-0.25, -0.2) is 0 Å². The zero-order chi connectivity index (χ0) is 16.8. The minimum atomic E-state index is -0.442. The van der Waals surface area contributed by atoms with Crippen molar-refractivity contribution in [3.63, 3.8) is 0 Å². The molecule has 0 fully saturated rings. The molecule has 1 N–H and O–H groups in total. The first-order valence-corrected chi connectivity index (χ1v) is 7.46. The van der Waals surface area contributed by atoms with Crippen molar-refractivity contribution in [3.8, 4) is 0 Å². The number of para-hydroxylation sites is 1. The van der Waals surface area contributed by atoms with Crippen LogP contribution in [-0.2, 0) is 0 Å². The van der Waals surface area contributed by atoms with Gasteiger partial charge >= 0.3 is 0 Å². The molecule has 0 aromatic heterocycles. The average Bonchev–Trinajstić information content (AvgIpc) is 2.49. The molecule has 0 saturated heterocycles. The van der Waals surface area contributed by atoms with E-state index in [1.165, 1.54) is 24.4 Å². The number of hydrazone groups is 1. The molecule has 0 heterocycles. The van der Waals surface area contributed by atoms with E-state index in [1.807, 2.05) is 0 Å². The normalized spacial score (nSPS) is 11.3. The van der Waals surface area contributed by atoms with Crippen LogP contribution in [0, 0.1) is 10.1 Å². The summed E-state index contributed by atoms with van der Waals surface area (Å²) in [4.78, 5) is 10.4. The lowest BCUT2D eigenvalue weighted by Crippen LogP contribution is -1.92. The Morgan fingerprint density at radius 2 is 1.78 bits per heavy atom. The van der Waals surface area contributed by atoms with Crippen molar-refractivity contribution in [1.82, 2.24) is 0 Å². The maximum absolute atomic E-state index is 10.9. The molecule has 0 aliphatic carbocycles. The van der Waals surface area contributed by atoms with Gasteiger partial charge in [0.15, 0.2) is 0 Å². The van der Waals surface area contributed by atoms with Gasteiger partial charge in [0.1, 0.15) is 0 Å². The van der Waals surface area contributed by atoms with E-state index in [0.29, 0.717) is 26.3 Å². The highest BCUT2D eigenvalue weighted by molar-refractivity contribution is 6.41. The number of nitrogens with one attached hydrogen (secondary N) is 1. The predicted octanol–water partition coefficient (Wildman–Crippen LogP) is 5.67. The van der Waals surface area contributed by atoms with E-state index in [4.69, 9.17) is 34.8 Å². The van der Waals surface area contributed by atoms with Crippen LogP contribution in [0.1, 0.15) is 5.56 Å². The van der Waals surface area contributed by atoms with E-state index in [-0.39, 0.29) is 5.69 Å². The van der Waals surface area contributed by atoms with Crippen molar-refractivity contribution < 1.29 is 4.92 Å². The Bertz CT molecular complexity index is 768. The molecule has 0 atom stereocenters. The molecule has 2 aromatic carbocycles. The van der Waals surface area contributed by atoms with Crippen molar-refractivity contribution in [2.24, 2.45) is 5.10 Å². The zero-order valence-electron chi connectivity index (χ0n) is 11.5. The van der Waals surface area contributed by atoms with Gasteiger partial charge in [-0.1, -0.05) is 46.9 Å². The Labute approximate surface area is 147 Å². The Kier molecular flexibility index (Phi) is 5.98. The first-order chi connectivity index (χ1) is 11.0. The number of halogens is 3. The fourth-order valence-corrected chi connectivity index (χ4v) is 2.64. The minimum Gasteiger partial charge on any atom is -0.275 e. The second-order valence-corrected chi connectivity index (χ2v) is 5.56. The van der Waals surface area contributed by atoms with Gasteiger partial charge in [0, 0.05) is 17.3 Å². The van der Waals surface area contributed by atoms with E-state index in [9.17, 15) is 10.1 Å². The van der Waals surface area contributed by atoms with Gasteiger partial charge in [0.2, 0.25) is 0 Å². The van der Waals surface area contributed by atoms with Crippen LogP contribution in [0.25, 0.3) is 6.08 Å². The number of rotatable bonds is 5. The maximum atomic E-state index is 10.9. The van der Waals surface area contributed by atoms with Crippen molar-refractivity contribution >= 4 is 58.5 Å². The Morgan fingerprint density at radius 3 is 2.43 bits per heavy atom. The van der Waals surface area contributed by atoms with E-state index in [0.717, 1.165) is 0 Å². The summed E-state index contributed by atoms with van der Waals surface area (Å²) in [5.74, 6) is 0. The second-order valence-electron chi connectivity index (χ2n) is 4.31. The van der Waals surface area contributed by atoms with Crippen LogP contribution in [0.5, 0.6) is 0 Å². The second kappa shape index (κ2) is 7.97. The summed E-state index contributed by atoms with van der Waals surface area (Å²) in [6.45, 7) is 0. The summed E-state index contributed by atoms with van der Waals surface area (Å²) in [5, 5.41) is 15.9. The van der Waals surface area contributed by atoms with E-state index < -0.39 is 4.92 Å². The maximum Gasteiger partial charge on any atom is 0.276 e. The highest BCUT2D eigenvalue weighted by Gasteiger charge is 2.09. The molecule has 0 radical (unpaired) electrons. The van der Waals surface area contributed by atoms with Crippen LogP contribution < -0.4 is 5.43 Å². The Morgan fingerprint density at radius 1 is 1.13 bits per heavy atom. The first kappa shape index (κ1) is 17.3. The summed E-state index contributed by atoms with van der Waals surface area (Å²) in [7, 11) is 0. The molecular weight excluding hydrogens is 361 g/mol. The number of hydrogen-bond acceptors (Lipinski definition) is 4. The quantitative estimate of drug-likeness (QED) is 0.419. The topological polar surface area (TPSA) is 67.5 Å². The molecule has 0 unspecified atom stereocenters. The lowest BCUT2D eigenvalue weighted by molar-refractivity contribution is -0.385. The number of benzene rings is 2. The molecule has 8 heteroatoms. The van der Waals surface area contributed by atoms with Gasteiger partial charge in [-0.2, -0.15) is 5.10 Å². The van der Waals surface area contributed by atoms with Crippen molar-refractivity contribution in [3.05, 3.63) is 73.2 Å². The van der Waals surface area contributed by atoms with Crippen LogP contribution in [0.2, 0.25) is 15.1 Å². The van der Waals surface area contributed by atoms with Crippen LogP contribution in [0.4, 0.5) is 11.4 Å². The predicted molar refractivity (Wildman–Crippen MR) is 95.7 cm³/mol. The van der Waals surface area contributed by atoms with Crippen LogP contribution in [-0.4, -0.2) is 11.1 Å². The molecule has 0 bridgehead atoms. The summed E-state index contributed by atoms with van der Waals surface area (Å²) >= 11 is 17.8. The summed E-state index contributed by atoms with van der Waals surface area (Å²) in [6.07, 6.45) is 4.57. The smallest absolute Gasteiger partial charge is 0.275 e. The molecule has 118 valence electrons. The molecule has 2 aromatic rings. The fraction of sp³-hybridized carbons (Fsp3) is 0. The third-order valence-electron chi connectivity index (χ3n) is 2.75. The first-order valence-electron chi connectivity index (χ1n) is 6.32.